The number of carbonyl (C=O) groups is 2. The lowest BCUT2D eigenvalue weighted by atomic mass is 9.95. The minimum absolute atomic E-state index is 0.0540. The van der Waals surface area contributed by atoms with Crippen LogP contribution in [0.3, 0.4) is 0 Å². The summed E-state index contributed by atoms with van der Waals surface area (Å²) in [5.41, 5.74) is 1.13. The quantitative estimate of drug-likeness (QED) is 0.644. The average molecular weight is 402 g/mol. The minimum Gasteiger partial charge on any atom is -0.506 e. The summed E-state index contributed by atoms with van der Waals surface area (Å²) in [6.45, 7) is 2.19. The lowest BCUT2D eigenvalue weighted by molar-refractivity contribution is -0.121. The van der Waals surface area contributed by atoms with Crippen LogP contribution in [0, 0.1) is 5.92 Å². The van der Waals surface area contributed by atoms with Gasteiger partial charge in [-0.15, -0.1) is 0 Å². The van der Waals surface area contributed by atoms with Crippen molar-refractivity contribution in [3.05, 3.63) is 53.6 Å². The van der Waals surface area contributed by atoms with Crippen molar-refractivity contribution in [1.29, 1.82) is 0 Å². The van der Waals surface area contributed by atoms with E-state index in [4.69, 9.17) is 11.6 Å². The Morgan fingerprint density at radius 1 is 1.07 bits per heavy atom. The molecule has 28 heavy (non-hydrogen) atoms. The van der Waals surface area contributed by atoms with Crippen molar-refractivity contribution in [3.63, 3.8) is 0 Å². The second kappa shape index (κ2) is 9.57. The number of hydrogen-bond donors (Lipinski definition) is 3. The first-order chi connectivity index (χ1) is 13.5. The number of likely N-dealkylation sites (tertiary alicyclic amines) is 1. The third-order valence-corrected chi connectivity index (χ3v) is 5.12. The highest BCUT2D eigenvalue weighted by molar-refractivity contribution is 6.30. The van der Waals surface area contributed by atoms with Crippen molar-refractivity contribution >= 4 is 34.8 Å². The number of nitrogens with zero attached hydrogens (tertiary/aromatic N) is 1. The van der Waals surface area contributed by atoms with Gasteiger partial charge in [0, 0.05) is 29.6 Å². The van der Waals surface area contributed by atoms with Crippen molar-refractivity contribution in [1.82, 2.24) is 4.90 Å². The molecule has 1 aliphatic rings. The van der Waals surface area contributed by atoms with E-state index in [1.807, 2.05) is 0 Å². The Hall–Kier alpha value is -2.57. The van der Waals surface area contributed by atoms with Gasteiger partial charge in [0.1, 0.15) is 5.75 Å². The number of hydrogen-bond acceptors (Lipinski definition) is 4. The molecule has 148 valence electrons. The van der Waals surface area contributed by atoms with E-state index in [2.05, 4.69) is 15.5 Å². The standard InChI is InChI=1S/C21H24ClN3O3/c22-16-4-3-5-17(14-16)23-20(27)10-13-25-11-8-15(9-12-25)21(28)24-18-6-1-2-7-19(18)26/h1-7,14-15,26H,8-13H2,(H,23,27)(H,24,28). The highest BCUT2D eigenvalue weighted by Gasteiger charge is 2.25. The van der Waals surface area contributed by atoms with Crippen LogP contribution in [0.4, 0.5) is 11.4 Å². The fourth-order valence-corrected chi connectivity index (χ4v) is 3.47. The Balaban J connectivity index is 1.39. The largest absolute Gasteiger partial charge is 0.506 e. The van der Waals surface area contributed by atoms with Crippen LogP contribution in [0.15, 0.2) is 48.5 Å². The zero-order chi connectivity index (χ0) is 19.9. The van der Waals surface area contributed by atoms with Crippen LogP contribution in [0.2, 0.25) is 5.02 Å². The van der Waals surface area contributed by atoms with Crippen molar-refractivity contribution < 1.29 is 14.7 Å². The maximum atomic E-state index is 12.4. The lowest BCUT2D eigenvalue weighted by Crippen LogP contribution is -2.39. The average Bonchev–Trinajstić information content (AvgIpc) is 2.68. The molecule has 0 aliphatic carbocycles. The first kappa shape index (κ1) is 20.2. The van der Waals surface area contributed by atoms with E-state index in [1.165, 1.54) is 0 Å². The van der Waals surface area contributed by atoms with E-state index >= 15 is 0 Å². The number of para-hydroxylation sites is 2. The maximum Gasteiger partial charge on any atom is 0.227 e. The van der Waals surface area contributed by atoms with Gasteiger partial charge in [-0.3, -0.25) is 9.59 Å². The number of benzene rings is 2. The Kier molecular flexibility index (Phi) is 6.90. The fraction of sp³-hybridized carbons (Fsp3) is 0.333. The summed E-state index contributed by atoms with van der Waals surface area (Å²) < 4.78 is 0. The first-order valence-corrected chi connectivity index (χ1v) is 9.75. The number of rotatable bonds is 6. The summed E-state index contributed by atoms with van der Waals surface area (Å²) in [4.78, 5) is 26.7. The molecule has 2 aromatic carbocycles. The number of aromatic hydroxyl groups is 1. The maximum absolute atomic E-state index is 12.4. The number of halogens is 1. The van der Waals surface area contributed by atoms with E-state index in [-0.39, 0.29) is 23.5 Å². The normalized spacial score (nSPS) is 15.2. The van der Waals surface area contributed by atoms with Crippen LogP contribution in [0.5, 0.6) is 5.75 Å². The Labute approximate surface area is 169 Å². The predicted octanol–water partition coefficient (Wildman–Crippen LogP) is 3.72. The summed E-state index contributed by atoms with van der Waals surface area (Å²) >= 11 is 5.92. The predicted molar refractivity (Wildman–Crippen MR) is 111 cm³/mol. The van der Waals surface area contributed by atoms with Crippen LogP contribution < -0.4 is 10.6 Å². The minimum atomic E-state index is -0.0869. The molecule has 0 radical (unpaired) electrons. The van der Waals surface area contributed by atoms with Gasteiger partial charge in [0.25, 0.3) is 0 Å². The van der Waals surface area contributed by atoms with Gasteiger partial charge in [0.15, 0.2) is 0 Å². The van der Waals surface area contributed by atoms with Gasteiger partial charge in [-0.25, -0.2) is 0 Å². The molecular formula is C21H24ClN3O3. The molecule has 6 nitrogen and oxygen atoms in total. The van der Waals surface area contributed by atoms with Crippen LogP contribution in [-0.2, 0) is 9.59 Å². The van der Waals surface area contributed by atoms with E-state index in [1.54, 1.807) is 48.5 Å². The lowest BCUT2D eigenvalue weighted by Gasteiger charge is -2.31. The second-order valence-electron chi connectivity index (χ2n) is 6.93. The first-order valence-electron chi connectivity index (χ1n) is 9.38. The molecule has 2 amide bonds. The molecule has 7 heteroatoms. The van der Waals surface area contributed by atoms with E-state index in [0.29, 0.717) is 29.4 Å². The Bertz CT molecular complexity index is 835. The molecule has 1 saturated heterocycles. The number of phenols is 1. The number of anilines is 2. The van der Waals surface area contributed by atoms with Crippen molar-refractivity contribution in [2.45, 2.75) is 19.3 Å². The van der Waals surface area contributed by atoms with Gasteiger partial charge in [0.05, 0.1) is 5.69 Å². The SMILES string of the molecule is O=C(CCN1CCC(C(=O)Nc2ccccc2O)CC1)Nc1cccc(Cl)c1. The fourth-order valence-electron chi connectivity index (χ4n) is 3.28. The monoisotopic (exact) mass is 401 g/mol. The summed E-state index contributed by atoms with van der Waals surface area (Å²) in [7, 11) is 0. The molecule has 2 aromatic rings. The molecule has 0 spiro atoms. The van der Waals surface area contributed by atoms with Crippen LogP contribution in [0.25, 0.3) is 0 Å². The Morgan fingerprint density at radius 2 is 1.82 bits per heavy atom. The van der Waals surface area contributed by atoms with Gasteiger partial charge in [-0.1, -0.05) is 29.8 Å². The highest BCUT2D eigenvalue weighted by Crippen LogP contribution is 2.25. The summed E-state index contributed by atoms with van der Waals surface area (Å²) in [5.74, 6) is -0.142. The van der Waals surface area contributed by atoms with Gasteiger partial charge < -0.3 is 20.6 Å². The summed E-state index contributed by atoms with van der Waals surface area (Å²) in [5, 5.41) is 16.0. The van der Waals surface area contributed by atoms with E-state index in [0.717, 1.165) is 25.9 Å². The molecule has 0 atom stereocenters. The molecule has 3 N–H and O–H groups in total. The van der Waals surface area contributed by atoms with E-state index in [9.17, 15) is 14.7 Å². The van der Waals surface area contributed by atoms with Crippen LogP contribution in [0.1, 0.15) is 19.3 Å². The van der Waals surface area contributed by atoms with Crippen LogP contribution in [-0.4, -0.2) is 41.5 Å². The topological polar surface area (TPSA) is 81.7 Å². The third-order valence-electron chi connectivity index (χ3n) is 4.88. The highest BCUT2D eigenvalue weighted by atomic mass is 35.5. The molecule has 3 rings (SSSR count). The van der Waals surface area contributed by atoms with Gasteiger partial charge in [-0.2, -0.15) is 0 Å². The Morgan fingerprint density at radius 3 is 2.54 bits per heavy atom. The molecule has 0 unspecified atom stereocenters. The number of nitrogens with one attached hydrogen (secondary N) is 2. The van der Waals surface area contributed by atoms with Gasteiger partial charge >= 0.3 is 0 Å². The number of carbonyl (C=O) groups excluding carboxylic acids is 2. The van der Waals surface area contributed by atoms with E-state index < -0.39 is 0 Å². The van der Waals surface area contributed by atoms with Crippen molar-refractivity contribution in [3.8, 4) is 5.75 Å². The molecule has 1 aliphatic heterocycles. The third kappa shape index (κ3) is 5.71. The number of piperidine rings is 1. The molecule has 1 fully saturated rings. The zero-order valence-corrected chi connectivity index (χ0v) is 16.3. The molecule has 0 aromatic heterocycles. The van der Waals surface area contributed by atoms with Crippen LogP contribution >= 0.6 is 11.6 Å². The molecule has 1 heterocycles. The zero-order valence-electron chi connectivity index (χ0n) is 15.5. The summed E-state index contributed by atoms with van der Waals surface area (Å²) in [6.07, 6.45) is 1.85. The van der Waals surface area contributed by atoms with Crippen molar-refractivity contribution in [2.24, 2.45) is 5.92 Å². The summed E-state index contributed by atoms with van der Waals surface area (Å²) in [6, 6.07) is 13.8. The smallest absolute Gasteiger partial charge is 0.227 e. The number of amides is 2. The molecule has 0 bridgehead atoms. The molecular weight excluding hydrogens is 378 g/mol. The number of phenolic OH excluding ortho intramolecular Hbond substituents is 1. The van der Waals surface area contributed by atoms with Gasteiger partial charge in [-0.05, 0) is 56.3 Å². The second-order valence-corrected chi connectivity index (χ2v) is 7.37. The molecule has 0 saturated carbocycles. The van der Waals surface area contributed by atoms with Gasteiger partial charge in [0.2, 0.25) is 11.8 Å². The van der Waals surface area contributed by atoms with Crippen molar-refractivity contribution in [2.75, 3.05) is 30.3 Å².